The van der Waals surface area contributed by atoms with Gasteiger partial charge in [-0.25, -0.2) is 4.98 Å². The molecule has 0 radical (unpaired) electrons. The second kappa shape index (κ2) is 5.68. The summed E-state index contributed by atoms with van der Waals surface area (Å²) >= 11 is 0. The molecular weight excluding hydrogens is 192 g/mol. The number of aliphatic hydroxyl groups is 1. The molecule has 1 rings (SSSR count). The molecule has 1 unspecified atom stereocenters. The Kier molecular flexibility index (Phi) is 4.52. The first-order valence-electron chi connectivity index (χ1n) is 5.13. The molecule has 0 aliphatic carbocycles. The summed E-state index contributed by atoms with van der Waals surface area (Å²) in [5, 5.41) is 9.86. The molecule has 1 aromatic heterocycles. The number of hydrogen-bond acceptors (Lipinski definition) is 4. The van der Waals surface area contributed by atoms with E-state index in [4.69, 9.17) is 10.5 Å². The SMILES string of the molecule is CCCOCC(O)c1c(C)ccnc1N. The number of aliphatic hydroxyl groups excluding tert-OH is 1. The van der Waals surface area contributed by atoms with Crippen molar-refractivity contribution < 1.29 is 9.84 Å². The van der Waals surface area contributed by atoms with Crippen molar-refractivity contribution in [3.8, 4) is 0 Å². The highest BCUT2D eigenvalue weighted by atomic mass is 16.5. The van der Waals surface area contributed by atoms with Crippen molar-refractivity contribution in [3.63, 3.8) is 0 Å². The van der Waals surface area contributed by atoms with Crippen LogP contribution in [0.1, 0.15) is 30.6 Å². The number of aromatic nitrogens is 1. The molecule has 0 bridgehead atoms. The fourth-order valence-corrected chi connectivity index (χ4v) is 1.45. The zero-order valence-electron chi connectivity index (χ0n) is 9.23. The number of rotatable bonds is 5. The van der Waals surface area contributed by atoms with Crippen LogP contribution < -0.4 is 5.73 Å². The Bertz CT molecular complexity index is 295. The van der Waals surface area contributed by atoms with Crippen LogP contribution >= 0.6 is 0 Å². The Labute approximate surface area is 90.1 Å². The summed E-state index contributed by atoms with van der Waals surface area (Å²) in [6.07, 6.45) is 1.88. The van der Waals surface area contributed by atoms with Crippen LogP contribution in [-0.2, 0) is 4.74 Å². The third kappa shape index (κ3) is 3.18. The largest absolute Gasteiger partial charge is 0.386 e. The number of pyridine rings is 1. The lowest BCUT2D eigenvalue weighted by Crippen LogP contribution is -2.12. The summed E-state index contributed by atoms with van der Waals surface area (Å²) in [5.41, 5.74) is 7.31. The van der Waals surface area contributed by atoms with E-state index in [1.165, 1.54) is 0 Å². The lowest BCUT2D eigenvalue weighted by atomic mass is 10.1. The number of aryl methyl sites for hydroxylation is 1. The molecule has 0 aromatic carbocycles. The Hall–Kier alpha value is -1.13. The van der Waals surface area contributed by atoms with Gasteiger partial charge in [-0.15, -0.1) is 0 Å². The van der Waals surface area contributed by atoms with Gasteiger partial charge in [-0.05, 0) is 25.0 Å². The molecule has 0 amide bonds. The van der Waals surface area contributed by atoms with E-state index in [1.807, 2.05) is 19.9 Å². The third-order valence-electron chi connectivity index (χ3n) is 2.20. The van der Waals surface area contributed by atoms with Crippen molar-refractivity contribution in [2.24, 2.45) is 0 Å². The third-order valence-corrected chi connectivity index (χ3v) is 2.20. The van der Waals surface area contributed by atoms with E-state index in [9.17, 15) is 5.11 Å². The first-order chi connectivity index (χ1) is 7.16. The molecule has 1 atom stereocenters. The molecule has 4 heteroatoms. The van der Waals surface area contributed by atoms with E-state index < -0.39 is 6.10 Å². The van der Waals surface area contributed by atoms with Crippen molar-refractivity contribution in [2.75, 3.05) is 18.9 Å². The molecule has 4 nitrogen and oxygen atoms in total. The Balaban J connectivity index is 2.68. The summed E-state index contributed by atoms with van der Waals surface area (Å²) in [6.45, 7) is 4.84. The minimum absolute atomic E-state index is 0.268. The minimum atomic E-state index is -0.690. The molecule has 15 heavy (non-hydrogen) atoms. The lowest BCUT2D eigenvalue weighted by molar-refractivity contribution is 0.0363. The molecule has 0 aliphatic heterocycles. The van der Waals surface area contributed by atoms with Crippen LogP contribution in [0.15, 0.2) is 12.3 Å². The summed E-state index contributed by atoms with van der Waals surface area (Å²) in [4.78, 5) is 3.95. The van der Waals surface area contributed by atoms with Gasteiger partial charge in [0.2, 0.25) is 0 Å². The molecule has 0 saturated heterocycles. The normalized spacial score (nSPS) is 12.7. The maximum atomic E-state index is 9.86. The van der Waals surface area contributed by atoms with Gasteiger partial charge >= 0.3 is 0 Å². The smallest absolute Gasteiger partial charge is 0.129 e. The van der Waals surface area contributed by atoms with Crippen molar-refractivity contribution >= 4 is 5.82 Å². The first kappa shape index (κ1) is 11.9. The van der Waals surface area contributed by atoms with Gasteiger partial charge in [0.15, 0.2) is 0 Å². The summed E-state index contributed by atoms with van der Waals surface area (Å²) < 4.78 is 5.28. The fourth-order valence-electron chi connectivity index (χ4n) is 1.45. The predicted octanol–water partition coefficient (Wildman–Crippen LogP) is 1.43. The van der Waals surface area contributed by atoms with E-state index in [1.54, 1.807) is 6.20 Å². The van der Waals surface area contributed by atoms with E-state index in [0.717, 1.165) is 12.0 Å². The highest BCUT2D eigenvalue weighted by Gasteiger charge is 2.14. The van der Waals surface area contributed by atoms with Crippen molar-refractivity contribution in [1.29, 1.82) is 0 Å². The Morgan fingerprint density at radius 2 is 2.33 bits per heavy atom. The standard InChI is InChI=1S/C11H18N2O2/c1-3-6-15-7-9(14)10-8(2)4-5-13-11(10)12/h4-5,9,14H,3,6-7H2,1-2H3,(H2,12,13). The first-order valence-corrected chi connectivity index (χ1v) is 5.13. The fraction of sp³-hybridized carbons (Fsp3) is 0.545. The molecule has 3 N–H and O–H groups in total. The van der Waals surface area contributed by atoms with E-state index in [-0.39, 0.29) is 6.61 Å². The summed E-state index contributed by atoms with van der Waals surface area (Å²) in [6, 6.07) is 1.83. The molecule has 0 aliphatic rings. The molecule has 0 spiro atoms. The molecule has 0 fully saturated rings. The Morgan fingerprint density at radius 3 is 2.93 bits per heavy atom. The molecular formula is C11H18N2O2. The van der Waals surface area contributed by atoms with Crippen LogP contribution in [0.4, 0.5) is 5.82 Å². The van der Waals surface area contributed by atoms with Gasteiger partial charge in [0.25, 0.3) is 0 Å². The van der Waals surface area contributed by atoms with Crippen LogP contribution in [0.2, 0.25) is 0 Å². The highest BCUT2D eigenvalue weighted by molar-refractivity contribution is 5.45. The van der Waals surface area contributed by atoms with Crippen LogP contribution in [0.5, 0.6) is 0 Å². The van der Waals surface area contributed by atoms with Crippen LogP contribution in [0.25, 0.3) is 0 Å². The van der Waals surface area contributed by atoms with Crippen molar-refractivity contribution in [1.82, 2.24) is 4.98 Å². The molecule has 1 aromatic rings. The average molecular weight is 210 g/mol. The van der Waals surface area contributed by atoms with Gasteiger partial charge in [-0.3, -0.25) is 0 Å². The monoisotopic (exact) mass is 210 g/mol. The number of hydrogen-bond donors (Lipinski definition) is 2. The quantitative estimate of drug-likeness (QED) is 0.721. The molecule has 1 heterocycles. The van der Waals surface area contributed by atoms with Crippen molar-refractivity contribution in [3.05, 3.63) is 23.4 Å². The number of ether oxygens (including phenoxy) is 1. The van der Waals surface area contributed by atoms with E-state index in [2.05, 4.69) is 4.98 Å². The number of nitrogens with zero attached hydrogens (tertiary/aromatic N) is 1. The van der Waals surface area contributed by atoms with Gasteiger partial charge in [-0.2, -0.15) is 0 Å². The summed E-state index contributed by atoms with van der Waals surface area (Å²) in [5.74, 6) is 0.377. The van der Waals surface area contributed by atoms with Crippen LogP contribution in [0, 0.1) is 6.92 Å². The van der Waals surface area contributed by atoms with Crippen molar-refractivity contribution in [2.45, 2.75) is 26.4 Å². The zero-order chi connectivity index (χ0) is 11.3. The second-order valence-corrected chi connectivity index (χ2v) is 3.52. The van der Waals surface area contributed by atoms with Gasteiger partial charge in [0, 0.05) is 18.4 Å². The average Bonchev–Trinajstić information content (AvgIpc) is 2.18. The predicted molar refractivity (Wildman–Crippen MR) is 59.5 cm³/mol. The van der Waals surface area contributed by atoms with Gasteiger partial charge < -0.3 is 15.6 Å². The molecule has 0 saturated carbocycles. The van der Waals surface area contributed by atoms with E-state index in [0.29, 0.717) is 18.0 Å². The highest BCUT2D eigenvalue weighted by Crippen LogP contribution is 2.22. The van der Waals surface area contributed by atoms with Crippen LogP contribution in [-0.4, -0.2) is 23.3 Å². The number of nitrogen functional groups attached to an aromatic ring is 1. The number of anilines is 1. The van der Waals surface area contributed by atoms with Gasteiger partial charge in [-0.1, -0.05) is 6.92 Å². The maximum Gasteiger partial charge on any atom is 0.129 e. The number of nitrogens with two attached hydrogens (primary N) is 1. The van der Waals surface area contributed by atoms with Crippen LogP contribution in [0.3, 0.4) is 0 Å². The lowest BCUT2D eigenvalue weighted by Gasteiger charge is -2.15. The topological polar surface area (TPSA) is 68.4 Å². The summed E-state index contributed by atoms with van der Waals surface area (Å²) in [7, 11) is 0. The van der Waals surface area contributed by atoms with E-state index >= 15 is 0 Å². The minimum Gasteiger partial charge on any atom is -0.386 e. The molecule has 84 valence electrons. The second-order valence-electron chi connectivity index (χ2n) is 3.52. The zero-order valence-corrected chi connectivity index (χ0v) is 9.23. The van der Waals surface area contributed by atoms with Gasteiger partial charge in [0.1, 0.15) is 11.9 Å². The van der Waals surface area contributed by atoms with Gasteiger partial charge in [0.05, 0.1) is 6.61 Å². The Morgan fingerprint density at radius 1 is 1.60 bits per heavy atom. The maximum absolute atomic E-state index is 9.86.